The number of nitrogens with one attached hydrogen (secondary N) is 1. The minimum atomic E-state index is -0.274. The first-order valence-corrected chi connectivity index (χ1v) is 6.66. The van der Waals surface area contributed by atoms with E-state index in [2.05, 4.69) is 5.32 Å². The molecule has 2 aliphatic heterocycles. The summed E-state index contributed by atoms with van der Waals surface area (Å²) in [5.41, 5.74) is 0. The molecule has 2 amide bonds. The summed E-state index contributed by atoms with van der Waals surface area (Å²) in [7, 11) is 0. The van der Waals surface area contributed by atoms with Gasteiger partial charge in [0.1, 0.15) is 0 Å². The van der Waals surface area contributed by atoms with Crippen LogP contribution in [0.25, 0.3) is 0 Å². The van der Waals surface area contributed by atoms with Crippen molar-refractivity contribution in [2.45, 2.75) is 25.8 Å². The fourth-order valence-corrected chi connectivity index (χ4v) is 2.44. The van der Waals surface area contributed by atoms with Gasteiger partial charge >= 0.3 is 6.09 Å². The smallest absolute Gasteiger partial charge is 0.409 e. The predicted molar refractivity (Wildman–Crippen MR) is 66.2 cm³/mol. The van der Waals surface area contributed by atoms with Gasteiger partial charge in [-0.15, -0.1) is 0 Å². The second-order valence-electron chi connectivity index (χ2n) is 4.66. The molecule has 2 saturated heterocycles. The third-order valence-corrected chi connectivity index (χ3v) is 3.48. The van der Waals surface area contributed by atoms with E-state index < -0.39 is 0 Å². The summed E-state index contributed by atoms with van der Waals surface area (Å²) in [5, 5.41) is 3.21. The molecule has 6 heteroatoms. The Morgan fingerprint density at radius 3 is 2.44 bits per heavy atom. The van der Waals surface area contributed by atoms with Crippen molar-refractivity contribution in [3.8, 4) is 0 Å². The first-order chi connectivity index (χ1) is 8.72. The van der Waals surface area contributed by atoms with Crippen molar-refractivity contribution in [1.29, 1.82) is 0 Å². The van der Waals surface area contributed by atoms with Crippen LogP contribution in [0.2, 0.25) is 0 Å². The molecule has 0 saturated carbocycles. The number of ether oxygens (including phenoxy) is 1. The van der Waals surface area contributed by atoms with Crippen LogP contribution in [-0.2, 0) is 9.53 Å². The van der Waals surface area contributed by atoms with E-state index in [1.807, 2.05) is 4.90 Å². The predicted octanol–water partition coefficient (Wildman–Crippen LogP) is 0.0391. The topological polar surface area (TPSA) is 61.9 Å². The number of piperazine rings is 1. The minimum absolute atomic E-state index is 0.0147. The highest BCUT2D eigenvalue weighted by Gasteiger charge is 2.30. The maximum absolute atomic E-state index is 12.1. The highest BCUT2D eigenvalue weighted by Crippen LogP contribution is 2.11. The van der Waals surface area contributed by atoms with Gasteiger partial charge in [0, 0.05) is 26.2 Å². The van der Waals surface area contributed by atoms with E-state index in [1.165, 1.54) is 0 Å². The van der Waals surface area contributed by atoms with E-state index in [9.17, 15) is 9.59 Å². The monoisotopic (exact) mass is 255 g/mol. The highest BCUT2D eigenvalue weighted by molar-refractivity contribution is 5.82. The molecule has 0 aromatic rings. The Kier molecular flexibility index (Phi) is 4.41. The van der Waals surface area contributed by atoms with Crippen LogP contribution in [0.15, 0.2) is 0 Å². The summed E-state index contributed by atoms with van der Waals surface area (Å²) in [6.45, 7) is 5.47. The van der Waals surface area contributed by atoms with E-state index in [0.29, 0.717) is 32.8 Å². The second-order valence-corrected chi connectivity index (χ2v) is 4.66. The maximum Gasteiger partial charge on any atom is 0.409 e. The van der Waals surface area contributed by atoms with Gasteiger partial charge in [-0.05, 0) is 26.3 Å². The molecule has 1 N–H and O–H groups in total. The van der Waals surface area contributed by atoms with Crippen LogP contribution in [0.4, 0.5) is 4.79 Å². The molecule has 0 aromatic heterocycles. The molecule has 0 unspecified atom stereocenters. The van der Waals surface area contributed by atoms with E-state index >= 15 is 0 Å². The number of rotatable bonds is 2. The van der Waals surface area contributed by atoms with Crippen LogP contribution in [0.3, 0.4) is 0 Å². The molecular weight excluding hydrogens is 234 g/mol. The summed E-state index contributed by atoms with van der Waals surface area (Å²) >= 11 is 0. The van der Waals surface area contributed by atoms with Gasteiger partial charge in [-0.2, -0.15) is 0 Å². The molecule has 1 atom stereocenters. The first kappa shape index (κ1) is 13.1. The largest absolute Gasteiger partial charge is 0.450 e. The fraction of sp³-hybridized carbons (Fsp3) is 0.833. The molecule has 6 nitrogen and oxygen atoms in total. The molecule has 18 heavy (non-hydrogen) atoms. The first-order valence-electron chi connectivity index (χ1n) is 6.66. The molecular formula is C12H21N3O3. The minimum Gasteiger partial charge on any atom is -0.450 e. The van der Waals surface area contributed by atoms with Crippen molar-refractivity contribution in [3.05, 3.63) is 0 Å². The second kappa shape index (κ2) is 6.04. The zero-order chi connectivity index (χ0) is 13.0. The van der Waals surface area contributed by atoms with Crippen LogP contribution < -0.4 is 5.32 Å². The lowest BCUT2D eigenvalue weighted by Crippen LogP contribution is -2.54. The van der Waals surface area contributed by atoms with Crippen molar-refractivity contribution in [3.63, 3.8) is 0 Å². The average molecular weight is 255 g/mol. The van der Waals surface area contributed by atoms with Crippen molar-refractivity contribution in [2.24, 2.45) is 0 Å². The fourth-order valence-electron chi connectivity index (χ4n) is 2.44. The standard InChI is InChI=1S/C12H21N3O3/c1-2-18-12(17)15-8-6-14(7-9-15)11(16)10-4-3-5-13-10/h10,13H,2-9H2,1H3/t10-/m0/s1. The van der Waals surface area contributed by atoms with Crippen LogP contribution in [-0.4, -0.2) is 67.2 Å². The lowest BCUT2D eigenvalue weighted by atomic mass is 10.2. The van der Waals surface area contributed by atoms with Crippen molar-refractivity contribution in [2.75, 3.05) is 39.3 Å². The summed E-state index contributed by atoms with van der Waals surface area (Å²) in [4.78, 5) is 27.2. The Labute approximate surface area is 107 Å². The Hall–Kier alpha value is -1.30. The zero-order valence-corrected chi connectivity index (χ0v) is 10.9. The van der Waals surface area contributed by atoms with Crippen molar-refractivity contribution < 1.29 is 14.3 Å². The molecule has 0 aromatic carbocycles. The maximum atomic E-state index is 12.1. The van der Waals surface area contributed by atoms with Gasteiger partial charge in [-0.25, -0.2) is 4.79 Å². The Morgan fingerprint density at radius 2 is 1.89 bits per heavy atom. The average Bonchev–Trinajstić information content (AvgIpc) is 2.92. The summed E-state index contributed by atoms with van der Waals surface area (Å²) < 4.78 is 4.95. The van der Waals surface area contributed by atoms with E-state index in [-0.39, 0.29) is 18.0 Å². The third kappa shape index (κ3) is 2.93. The summed E-state index contributed by atoms with van der Waals surface area (Å²) in [6.07, 6.45) is 1.72. The van der Waals surface area contributed by atoms with Gasteiger partial charge in [0.2, 0.25) is 5.91 Å². The Balaban J connectivity index is 1.79. The zero-order valence-electron chi connectivity index (χ0n) is 10.9. The van der Waals surface area contributed by atoms with Crippen LogP contribution >= 0.6 is 0 Å². The quantitative estimate of drug-likeness (QED) is 0.757. The molecule has 2 aliphatic rings. The van der Waals surface area contributed by atoms with Gasteiger partial charge in [-0.3, -0.25) is 4.79 Å². The molecule has 2 rings (SSSR count). The van der Waals surface area contributed by atoms with Gasteiger partial charge in [-0.1, -0.05) is 0 Å². The molecule has 0 spiro atoms. The summed E-state index contributed by atoms with van der Waals surface area (Å²) in [6, 6.07) is -0.0147. The molecule has 2 heterocycles. The Bertz CT molecular complexity index is 308. The lowest BCUT2D eigenvalue weighted by molar-refractivity contribution is -0.134. The van der Waals surface area contributed by atoms with Crippen molar-refractivity contribution >= 4 is 12.0 Å². The van der Waals surface area contributed by atoms with Gasteiger partial charge in [0.25, 0.3) is 0 Å². The normalized spacial score (nSPS) is 24.2. The van der Waals surface area contributed by atoms with Gasteiger partial charge in [0.15, 0.2) is 0 Å². The Morgan fingerprint density at radius 1 is 1.22 bits per heavy atom. The SMILES string of the molecule is CCOC(=O)N1CCN(C(=O)[C@@H]2CCCN2)CC1. The third-order valence-electron chi connectivity index (χ3n) is 3.48. The number of hydrogen-bond acceptors (Lipinski definition) is 4. The van der Waals surface area contributed by atoms with Gasteiger partial charge in [0.05, 0.1) is 12.6 Å². The van der Waals surface area contributed by atoms with E-state index in [1.54, 1.807) is 11.8 Å². The molecule has 0 radical (unpaired) electrons. The summed E-state index contributed by atoms with van der Waals surface area (Å²) in [5.74, 6) is 0.177. The van der Waals surface area contributed by atoms with E-state index in [0.717, 1.165) is 19.4 Å². The number of amides is 2. The van der Waals surface area contributed by atoms with Gasteiger partial charge < -0.3 is 19.9 Å². The highest BCUT2D eigenvalue weighted by atomic mass is 16.6. The van der Waals surface area contributed by atoms with Crippen LogP contribution in [0.5, 0.6) is 0 Å². The molecule has 0 aliphatic carbocycles. The van der Waals surface area contributed by atoms with Crippen LogP contribution in [0, 0.1) is 0 Å². The lowest BCUT2D eigenvalue weighted by Gasteiger charge is -2.35. The van der Waals surface area contributed by atoms with Crippen molar-refractivity contribution in [1.82, 2.24) is 15.1 Å². The van der Waals surface area contributed by atoms with E-state index in [4.69, 9.17) is 4.74 Å². The molecule has 0 bridgehead atoms. The number of hydrogen-bond donors (Lipinski definition) is 1. The number of nitrogens with zero attached hydrogens (tertiary/aromatic N) is 2. The number of carbonyl (C=O) groups excluding carboxylic acids is 2. The molecule has 2 fully saturated rings. The van der Waals surface area contributed by atoms with Crippen LogP contribution in [0.1, 0.15) is 19.8 Å². The number of carbonyl (C=O) groups is 2. The molecule has 102 valence electrons.